The molecule has 1 aliphatic heterocycles. The van der Waals surface area contributed by atoms with E-state index in [-0.39, 0.29) is 0 Å². The SMILES string of the molecule is CCN(CC)c1cccc2c1Nc1ccccc1[Se]2.CCNc1cccc(C=O)c1. The van der Waals surface area contributed by atoms with Gasteiger partial charge in [-0.15, -0.1) is 0 Å². The van der Waals surface area contributed by atoms with Gasteiger partial charge in [0.1, 0.15) is 6.29 Å². The molecule has 5 heteroatoms. The third-order valence-electron chi connectivity index (χ3n) is 4.88. The number of nitrogens with zero attached hydrogens (tertiary/aromatic N) is 1. The topological polar surface area (TPSA) is 44.4 Å². The first-order chi connectivity index (χ1) is 14.7. The van der Waals surface area contributed by atoms with Crippen LogP contribution in [0.25, 0.3) is 0 Å². The third-order valence-corrected chi connectivity index (χ3v) is 7.26. The quantitative estimate of drug-likeness (QED) is 0.331. The molecular formula is C25H29N3OSe. The van der Waals surface area contributed by atoms with Crippen LogP contribution in [0.15, 0.2) is 66.7 Å². The van der Waals surface area contributed by atoms with Crippen LogP contribution in [0.5, 0.6) is 0 Å². The minimum absolute atomic E-state index is 0.403. The molecule has 0 bridgehead atoms. The van der Waals surface area contributed by atoms with E-state index < -0.39 is 0 Å². The maximum absolute atomic E-state index is 10.3. The number of carbonyl (C=O) groups is 1. The number of benzene rings is 3. The molecule has 4 nitrogen and oxygen atoms in total. The Bertz CT molecular complexity index is 986. The van der Waals surface area contributed by atoms with Crippen LogP contribution in [-0.2, 0) is 0 Å². The van der Waals surface area contributed by atoms with E-state index in [2.05, 4.69) is 71.8 Å². The molecule has 0 saturated heterocycles. The number of nitrogens with one attached hydrogen (secondary N) is 2. The van der Waals surface area contributed by atoms with Crippen molar-refractivity contribution in [3.63, 3.8) is 0 Å². The van der Waals surface area contributed by atoms with Gasteiger partial charge in [-0.1, -0.05) is 12.1 Å². The van der Waals surface area contributed by atoms with E-state index in [4.69, 9.17) is 0 Å². The molecule has 0 atom stereocenters. The Morgan fingerprint density at radius 3 is 2.40 bits per heavy atom. The number of fused-ring (bicyclic) bond motifs is 2. The fourth-order valence-electron chi connectivity index (χ4n) is 3.40. The first-order valence-electron chi connectivity index (χ1n) is 10.4. The average molecular weight is 466 g/mol. The van der Waals surface area contributed by atoms with Gasteiger partial charge in [0.15, 0.2) is 0 Å². The number of anilines is 4. The zero-order chi connectivity index (χ0) is 21.3. The van der Waals surface area contributed by atoms with Crippen molar-refractivity contribution in [2.24, 2.45) is 0 Å². The molecule has 0 amide bonds. The van der Waals surface area contributed by atoms with Gasteiger partial charge in [-0.2, -0.15) is 0 Å². The Balaban J connectivity index is 0.000000199. The van der Waals surface area contributed by atoms with Crippen molar-refractivity contribution in [3.05, 3.63) is 72.3 Å². The van der Waals surface area contributed by atoms with Crippen LogP contribution in [0.4, 0.5) is 22.7 Å². The van der Waals surface area contributed by atoms with Crippen molar-refractivity contribution >= 4 is 52.9 Å². The molecule has 2 N–H and O–H groups in total. The summed E-state index contributed by atoms with van der Waals surface area (Å²) in [4.78, 5) is 12.7. The Labute approximate surface area is 185 Å². The molecule has 0 unspecified atom stereocenters. The molecule has 0 aliphatic carbocycles. The Morgan fingerprint density at radius 1 is 0.933 bits per heavy atom. The van der Waals surface area contributed by atoms with Crippen molar-refractivity contribution in [1.82, 2.24) is 0 Å². The Kier molecular flexibility index (Phi) is 7.95. The fourth-order valence-corrected chi connectivity index (χ4v) is 5.53. The zero-order valence-electron chi connectivity index (χ0n) is 17.8. The third kappa shape index (κ3) is 5.24. The van der Waals surface area contributed by atoms with Gasteiger partial charge in [-0.05, 0) is 19.1 Å². The van der Waals surface area contributed by atoms with Gasteiger partial charge in [0.05, 0.1) is 0 Å². The molecule has 0 radical (unpaired) electrons. The van der Waals surface area contributed by atoms with Crippen molar-refractivity contribution in [2.75, 3.05) is 35.2 Å². The molecule has 3 aromatic rings. The van der Waals surface area contributed by atoms with Crippen molar-refractivity contribution < 1.29 is 4.79 Å². The molecule has 0 saturated carbocycles. The summed E-state index contributed by atoms with van der Waals surface area (Å²) in [6.45, 7) is 9.41. The van der Waals surface area contributed by atoms with Gasteiger partial charge >= 0.3 is 121 Å². The van der Waals surface area contributed by atoms with Crippen LogP contribution < -0.4 is 24.5 Å². The molecule has 156 valence electrons. The predicted molar refractivity (Wildman–Crippen MR) is 131 cm³/mol. The van der Waals surface area contributed by atoms with Crippen LogP contribution in [0, 0.1) is 0 Å². The molecule has 3 aromatic carbocycles. The van der Waals surface area contributed by atoms with Gasteiger partial charge in [-0.25, -0.2) is 0 Å². The molecule has 0 fully saturated rings. The van der Waals surface area contributed by atoms with Crippen LogP contribution >= 0.6 is 0 Å². The smallest absolute Gasteiger partial charge is 0.150 e. The number of hydrogen-bond acceptors (Lipinski definition) is 4. The van der Waals surface area contributed by atoms with E-state index in [1.54, 1.807) is 6.07 Å². The van der Waals surface area contributed by atoms with Crippen molar-refractivity contribution in [3.8, 4) is 0 Å². The summed E-state index contributed by atoms with van der Waals surface area (Å²) in [6, 6.07) is 22.7. The van der Waals surface area contributed by atoms with E-state index in [0.29, 0.717) is 20.5 Å². The largest absolute Gasteiger partial charge is 0.385 e. The summed E-state index contributed by atoms with van der Waals surface area (Å²) in [5.74, 6) is 0. The number of rotatable bonds is 6. The molecular weight excluding hydrogens is 437 g/mol. The van der Waals surface area contributed by atoms with E-state index >= 15 is 0 Å². The maximum atomic E-state index is 10.3. The molecule has 0 spiro atoms. The summed E-state index contributed by atoms with van der Waals surface area (Å²) in [5.41, 5.74) is 5.62. The summed E-state index contributed by atoms with van der Waals surface area (Å²) in [7, 11) is 0. The van der Waals surface area contributed by atoms with Gasteiger partial charge < -0.3 is 5.32 Å². The summed E-state index contributed by atoms with van der Waals surface area (Å²) in [5, 5.41) is 6.76. The standard InChI is InChI=1S/C16H18N2Se.C9H11NO/c1-3-18(4-2)13-9-7-11-15-16(13)17-12-8-5-6-10-14(12)19-15;1-2-10-9-5-3-4-8(6-9)7-11/h5-11,17H,3-4H2,1-2H3;3-7,10H,2H2,1H3. The number of carbonyl (C=O) groups excluding carboxylic acids is 1. The van der Waals surface area contributed by atoms with Crippen LogP contribution in [0.1, 0.15) is 31.1 Å². The fraction of sp³-hybridized carbons (Fsp3) is 0.240. The van der Waals surface area contributed by atoms with E-state index in [9.17, 15) is 4.79 Å². The Hall–Kier alpha value is -2.75. The molecule has 30 heavy (non-hydrogen) atoms. The van der Waals surface area contributed by atoms with Gasteiger partial charge in [0.2, 0.25) is 0 Å². The van der Waals surface area contributed by atoms with Crippen LogP contribution in [0.3, 0.4) is 0 Å². The summed E-state index contributed by atoms with van der Waals surface area (Å²) in [6.07, 6.45) is 0.848. The average Bonchev–Trinajstić information content (AvgIpc) is 2.79. The van der Waals surface area contributed by atoms with Gasteiger partial charge in [-0.3, -0.25) is 4.79 Å². The first kappa shape index (κ1) is 21.9. The van der Waals surface area contributed by atoms with E-state index in [1.165, 1.54) is 26.0 Å². The maximum Gasteiger partial charge on any atom is 0.150 e. The van der Waals surface area contributed by atoms with Gasteiger partial charge in [0, 0.05) is 17.8 Å². The minimum Gasteiger partial charge on any atom is -0.385 e. The second kappa shape index (κ2) is 10.9. The normalized spacial score (nSPS) is 11.2. The minimum atomic E-state index is 0.403. The first-order valence-corrected chi connectivity index (χ1v) is 12.1. The van der Waals surface area contributed by atoms with Crippen LogP contribution in [-0.4, -0.2) is 40.9 Å². The van der Waals surface area contributed by atoms with Crippen molar-refractivity contribution in [1.29, 1.82) is 0 Å². The van der Waals surface area contributed by atoms with E-state index in [1.807, 2.05) is 25.1 Å². The number of aldehydes is 1. The summed E-state index contributed by atoms with van der Waals surface area (Å²) >= 11 is 0.403. The number of hydrogen-bond donors (Lipinski definition) is 2. The van der Waals surface area contributed by atoms with Crippen LogP contribution in [0.2, 0.25) is 0 Å². The molecule has 0 aromatic heterocycles. The second-order valence-corrected chi connectivity index (χ2v) is 9.09. The molecule has 1 heterocycles. The summed E-state index contributed by atoms with van der Waals surface area (Å²) < 4.78 is 2.90. The van der Waals surface area contributed by atoms with E-state index in [0.717, 1.165) is 31.6 Å². The monoisotopic (exact) mass is 467 g/mol. The zero-order valence-corrected chi connectivity index (χ0v) is 19.5. The van der Waals surface area contributed by atoms with Gasteiger partial charge in [0.25, 0.3) is 0 Å². The predicted octanol–water partition coefficient (Wildman–Crippen LogP) is 4.18. The molecule has 4 rings (SSSR count). The van der Waals surface area contributed by atoms with Crippen molar-refractivity contribution in [2.45, 2.75) is 20.8 Å². The number of para-hydroxylation sites is 2. The molecule has 1 aliphatic rings. The second-order valence-electron chi connectivity index (χ2n) is 6.82. The Morgan fingerprint density at radius 2 is 1.67 bits per heavy atom.